The fourth-order valence-electron chi connectivity index (χ4n) is 0.846. The molecule has 0 fully saturated rings. The predicted octanol–water partition coefficient (Wildman–Crippen LogP) is 2.60. The van der Waals surface area contributed by atoms with Crippen LogP contribution in [0.4, 0.5) is 4.79 Å². The monoisotopic (exact) mass is 220 g/mol. The summed E-state index contributed by atoms with van der Waals surface area (Å²) in [6, 6.07) is 0. The second kappa shape index (κ2) is 9.73. The Morgan fingerprint density at radius 3 is 1.93 bits per heavy atom. The molecule has 0 aromatic rings. The van der Waals surface area contributed by atoms with E-state index < -0.39 is 12.6 Å². The van der Waals surface area contributed by atoms with Crippen LogP contribution in [0.2, 0.25) is 0 Å². The van der Waals surface area contributed by atoms with Gasteiger partial charge in [-0.05, 0) is 12.8 Å². The van der Waals surface area contributed by atoms with Gasteiger partial charge in [0.15, 0.2) is 0 Å². The fourth-order valence-corrected chi connectivity index (χ4v) is 0.846. The van der Waals surface area contributed by atoms with Crippen molar-refractivity contribution in [2.75, 3.05) is 13.2 Å². The second-order valence-corrected chi connectivity index (χ2v) is 3.12. The van der Waals surface area contributed by atoms with Gasteiger partial charge in [-0.1, -0.05) is 26.7 Å². The van der Waals surface area contributed by atoms with Crippen molar-refractivity contribution in [2.45, 2.75) is 46.0 Å². The highest BCUT2D eigenvalue weighted by Crippen LogP contribution is 2.02. The minimum absolute atomic E-state index is 0.445. The molecule has 0 atom stereocenters. The summed E-state index contributed by atoms with van der Waals surface area (Å²) in [5.74, 6) is 0. The third-order valence-corrected chi connectivity index (χ3v) is 1.70. The number of carboxylic acid groups (broad SMARTS) is 1. The Kier molecular flexibility index (Phi) is 9.21. The summed E-state index contributed by atoms with van der Waals surface area (Å²) in [5.41, 5.74) is 0. The molecule has 0 spiro atoms. The van der Waals surface area contributed by atoms with E-state index in [2.05, 4.69) is 4.74 Å². The number of hydrogen-bond donors (Lipinski definition) is 1. The zero-order valence-electron chi connectivity index (χ0n) is 9.40. The van der Waals surface area contributed by atoms with Gasteiger partial charge in [0, 0.05) is 0 Å². The van der Waals surface area contributed by atoms with Crippen LogP contribution in [0.15, 0.2) is 0 Å². The van der Waals surface area contributed by atoms with Gasteiger partial charge >= 0.3 is 12.6 Å². The van der Waals surface area contributed by atoms with Crippen molar-refractivity contribution in [3.8, 4) is 0 Å². The lowest BCUT2D eigenvalue weighted by Crippen LogP contribution is -2.24. The van der Waals surface area contributed by atoms with Crippen LogP contribution in [0, 0.1) is 0 Å². The van der Waals surface area contributed by atoms with E-state index in [0.29, 0.717) is 13.2 Å². The Morgan fingerprint density at radius 1 is 1.13 bits per heavy atom. The van der Waals surface area contributed by atoms with Crippen molar-refractivity contribution in [1.82, 2.24) is 0 Å². The summed E-state index contributed by atoms with van der Waals surface area (Å²) >= 11 is 0. The average Bonchev–Trinajstić information content (AvgIpc) is 2.17. The largest absolute Gasteiger partial charge is 0.509 e. The number of carbonyl (C=O) groups is 1. The first-order valence-corrected chi connectivity index (χ1v) is 5.33. The zero-order chi connectivity index (χ0) is 11.5. The van der Waals surface area contributed by atoms with Crippen molar-refractivity contribution in [2.24, 2.45) is 0 Å². The molecule has 0 radical (unpaired) electrons. The van der Waals surface area contributed by atoms with Gasteiger partial charge in [0.05, 0.1) is 13.2 Å². The van der Waals surface area contributed by atoms with Crippen LogP contribution in [0.3, 0.4) is 0 Å². The van der Waals surface area contributed by atoms with Crippen LogP contribution in [-0.4, -0.2) is 31.0 Å². The molecule has 90 valence electrons. The van der Waals surface area contributed by atoms with Gasteiger partial charge in [-0.2, -0.15) is 0 Å². The highest BCUT2D eigenvalue weighted by molar-refractivity contribution is 5.56. The maximum atomic E-state index is 10.3. The number of unbranched alkanes of at least 4 members (excludes halogenated alkanes) is 2. The standard InChI is InChI=1S/C10H20O5/c1-3-5-7-13-10(15-9(11)12)14-8-6-4-2/h10H,3-8H2,1-2H3,(H,11,12). The third-order valence-electron chi connectivity index (χ3n) is 1.70. The third kappa shape index (κ3) is 9.49. The number of rotatable bonds is 9. The first-order chi connectivity index (χ1) is 7.20. The lowest BCUT2D eigenvalue weighted by molar-refractivity contribution is -0.266. The van der Waals surface area contributed by atoms with Crippen LogP contribution in [0.5, 0.6) is 0 Å². The Morgan fingerprint density at radius 2 is 1.60 bits per heavy atom. The molecule has 0 rings (SSSR count). The Bertz CT molecular complexity index is 150. The number of ether oxygens (including phenoxy) is 3. The van der Waals surface area contributed by atoms with Crippen LogP contribution in [0.25, 0.3) is 0 Å². The summed E-state index contributed by atoms with van der Waals surface area (Å²) in [4.78, 5) is 10.3. The summed E-state index contributed by atoms with van der Waals surface area (Å²) in [7, 11) is 0. The molecule has 0 bridgehead atoms. The molecular formula is C10H20O5. The maximum absolute atomic E-state index is 10.3. The van der Waals surface area contributed by atoms with Gasteiger partial charge in [-0.3, -0.25) is 0 Å². The molecule has 0 amide bonds. The molecule has 15 heavy (non-hydrogen) atoms. The average molecular weight is 220 g/mol. The highest BCUT2D eigenvalue weighted by atomic mass is 16.9. The fraction of sp³-hybridized carbons (Fsp3) is 0.900. The molecule has 5 heteroatoms. The van der Waals surface area contributed by atoms with E-state index in [1.165, 1.54) is 0 Å². The van der Waals surface area contributed by atoms with Crippen molar-refractivity contribution < 1.29 is 24.1 Å². The van der Waals surface area contributed by atoms with Crippen LogP contribution in [-0.2, 0) is 14.2 Å². The van der Waals surface area contributed by atoms with Crippen molar-refractivity contribution in [3.05, 3.63) is 0 Å². The predicted molar refractivity (Wildman–Crippen MR) is 54.6 cm³/mol. The van der Waals surface area contributed by atoms with Crippen molar-refractivity contribution >= 4 is 6.16 Å². The first-order valence-electron chi connectivity index (χ1n) is 5.33. The minimum Gasteiger partial charge on any atom is -0.450 e. The van der Waals surface area contributed by atoms with Crippen LogP contribution < -0.4 is 0 Å². The summed E-state index contributed by atoms with van der Waals surface area (Å²) in [6.07, 6.45) is 2.30. The van der Waals surface area contributed by atoms with Gasteiger partial charge in [-0.25, -0.2) is 4.79 Å². The van der Waals surface area contributed by atoms with E-state index in [4.69, 9.17) is 14.6 Å². The summed E-state index contributed by atoms with van der Waals surface area (Å²) < 4.78 is 14.6. The summed E-state index contributed by atoms with van der Waals surface area (Å²) in [6.45, 7) is 3.85. The second-order valence-electron chi connectivity index (χ2n) is 3.12. The van der Waals surface area contributed by atoms with E-state index >= 15 is 0 Å². The van der Waals surface area contributed by atoms with E-state index in [1.54, 1.807) is 0 Å². The zero-order valence-corrected chi connectivity index (χ0v) is 9.40. The molecule has 0 unspecified atom stereocenters. The molecule has 0 saturated carbocycles. The highest BCUT2D eigenvalue weighted by Gasteiger charge is 2.13. The van der Waals surface area contributed by atoms with Crippen LogP contribution in [0.1, 0.15) is 39.5 Å². The molecule has 0 aliphatic carbocycles. The molecule has 0 saturated heterocycles. The Balaban J connectivity index is 3.68. The van der Waals surface area contributed by atoms with Gasteiger partial charge < -0.3 is 19.3 Å². The van der Waals surface area contributed by atoms with Crippen molar-refractivity contribution in [3.63, 3.8) is 0 Å². The van der Waals surface area contributed by atoms with Crippen molar-refractivity contribution in [1.29, 1.82) is 0 Å². The van der Waals surface area contributed by atoms with Crippen LogP contribution >= 0.6 is 0 Å². The number of hydrogen-bond acceptors (Lipinski definition) is 4. The normalized spacial score (nSPS) is 10.6. The molecule has 5 nitrogen and oxygen atoms in total. The topological polar surface area (TPSA) is 65.0 Å². The molecular weight excluding hydrogens is 200 g/mol. The molecule has 0 heterocycles. The molecule has 0 aromatic carbocycles. The van der Waals surface area contributed by atoms with Gasteiger partial charge in [-0.15, -0.1) is 0 Å². The van der Waals surface area contributed by atoms with E-state index in [-0.39, 0.29) is 0 Å². The lowest BCUT2D eigenvalue weighted by Gasteiger charge is -2.16. The smallest absolute Gasteiger partial charge is 0.450 e. The maximum Gasteiger partial charge on any atom is 0.509 e. The summed E-state index contributed by atoms with van der Waals surface area (Å²) in [5, 5.41) is 8.41. The molecule has 1 N–H and O–H groups in total. The van der Waals surface area contributed by atoms with E-state index in [0.717, 1.165) is 25.7 Å². The molecule has 0 aliphatic heterocycles. The molecule has 0 aliphatic rings. The van der Waals surface area contributed by atoms with Gasteiger partial charge in [0.1, 0.15) is 0 Å². The quantitative estimate of drug-likeness (QED) is 0.367. The first kappa shape index (κ1) is 14.2. The van der Waals surface area contributed by atoms with Gasteiger partial charge in [0.25, 0.3) is 0 Å². The van der Waals surface area contributed by atoms with Gasteiger partial charge in [0.2, 0.25) is 0 Å². The Labute approximate surface area is 90.3 Å². The Hall–Kier alpha value is -0.810. The van der Waals surface area contributed by atoms with E-state index in [1.807, 2.05) is 13.8 Å². The minimum atomic E-state index is -1.38. The SMILES string of the molecule is CCCCOC(OCCCC)OC(=O)O. The lowest BCUT2D eigenvalue weighted by atomic mass is 10.4. The van der Waals surface area contributed by atoms with E-state index in [9.17, 15) is 4.79 Å². The molecule has 0 aromatic heterocycles.